The number of nitrogens with one attached hydrogen (secondary N) is 3. The minimum atomic E-state index is -1.04. The molecule has 3 fully saturated rings. The number of rotatable bonds is 3. The topological polar surface area (TPSA) is 159 Å². The molecule has 2 aromatic heterocycles. The van der Waals surface area contributed by atoms with Gasteiger partial charge in [0.1, 0.15) is 24.9 Å². The summed E-state index contributed by atoms with van der Waals surface area (Å²) >= 11 is 0. The number of anilines is 2. The fourth-order valence-corrected chi connectivity index (χ4v) is 4.84. The Balaban J connectivity index is 1.26. The Morgan fingerprint density at radius 2 is 1.91 bits per heavy atom. The number of hydrogen-bond acceptors (Lipinski definition) is 10. The summed E-state index contributed by atoms with van der Waals surface area (Å²) in [6.07, 6.45) is -1.14. The van der Waals surface area contributed by atoms with Gasteiger partial charge in [0.15, 0.2) is 11.6 Å². The van der Waals surface area contributed by atoms with Gasteiger partial charge in [0.2, 0.25) is 17.7 Å². The molecule has 0 radical (unpaired) electrons. The number of fused-ring (bicyclic) bond motifs is 4. The van der Waals surface area contributed by atoms with Gasteiger partial charge in [-0.15, -0.1) is 0 Å². The summed E-state index contributed by atoms with van der Waals surface area (Å²) < 4.78 is 30.6. The molecule has 176 valence electrons. The molecule has 5 N–H and O–H groups in total. The van der Waals surface area contributed by atoms with E-state index in [-0.39, 0.29) is 30.3 Å². The number of aromatic nitrogens is 4. The number of benzene rings is 1. The van der Waals surface area contributed by atoms with Crippen molar-refractivity contribution in [3.63, 3.8) is 0 Å². The minimum Gasteiger partial charge on any atom is -0.369 e. The summed E-state index contributed by atoms with van der Waals surface area (Å²) in [5.41, 5.74) is 7.18. The molecule has 1 aromatic carbocycles. The molecule has 3 aliphatic heterocycles. The normalized spacial score (nSPS) is 32.2. The van der Waals surface area contributed by atoms with Crippen LogP contribution in [-0.4, -0.2) is 68.8 Å². The number of hydrogen-bond donors (Lipinski definition) is 4. The summed E-state index contributed by atoms with van der Waals surface area (Å²) in [5.74, 6) is -1.99. The molecule has 5 heterocycles. The lowest BCUT2D eigenvalue weighted by molar-refractivity contribution is -0.294. The van der Waals surface area contributed by atoms with Crippen molar-refractivity contribution in [2.75, 3.05) is 24.2 Å². The molecule has 0 bridgehead atoms. The Kier molecular flexibility index (Phi) is 4.19. The molecule has 3 aromatic rings. The van der Waals surface area contributed by atoms with Gasteiger partial charge >= 0.3 is 0 Å². The monoisotopic (exact) mass is 458 g/mol. The van der Waals surface area contributed by atoms with E-state index in [1.54, 1.807) is 12.1 Å². The van der Waals surface area contributed by atoms with E-state index in [0.717, 1.165) is 0 Å². The number of aromatic amines is 2. The number of nitrogens with zero attached hydrogens (tertiary/aromatic N) is 2. The van der Waals surface area contributed by atoms with Crippen LogP contribution in [0.3, 0.4) is 0 Å². The van der Waals surface area contributed by atoms with Crippen LogP contribution in [0.4, 0.5) is 11.9 Å². The predicted molar refractivity (Wildman–Crippen MR) is 117 cm³/mol. The first-order valence-electron chi connectivity index (χ1n) is 10.8. The lowest BCUT2D eigenvalue weighted by Crippen LogP contribution is -2.46. The van der Waals surface area contributed by atoms with Gasteiger partial charge in [0, 0.05) is 6.54 Å². The van der Waals surface area contributed by atoms with Gasteiger partial charge in [-0.3, -0.25) is 9.78 Å². The first kappa shape index (κ1) is 20.8. The van der Waals surface area contributed by atoms with E-state index in [1.165, 1.54) is 0 Å². The highest BCUT2D eigenvalue weighted by Crippen LogP contribution is 2.49. The zero-order chi connectivity index (χ0) is 23.2. The van der Waals surface area contributed by atoms with Crippen LogP contribution in [-0.2, 0) is 23.7 Å². The third kappa shape index (κ3) is 3.37. The molecule has 3 aliphatic rings. The van der Waals surface area contributed by atoms with E-state index in [1.807, 2.05) is 27.7 Å². The largest absolute Gasteiger partial charge is 0.369 e. The second-order valence-corrected chi connectivity index (χ2v) is 9.58. The smallest absolute Gasteiger partial charge is 0.260 e. The SMILES string of the molecule is CC1(C)O[C@H]2[C@@H](O1)[C@@]1(COC(C)(C)O1)O[C@@H]2CNc1nc2cc3nc(N)[nH]c(=O)c3cc2[nH]1. The van der Waals surface area contributed by atoms with Gasteiger partial charge in [0.05, 0.1) is 21.9 Å². The van der Waals surface area contributed by atoms with Crippen LogP contribution in [0.5, 0.6) is 0 Å². The number of H-pyrrole nitrogens is 2. The quantitative estimate of drug-likeness (QED) is 0.449. The number of nitrogens with two attached hydrogens (primary N) is 1. The molecule has 6 rings (SSSR count). The first-order valence-corrected chi connectivity index (χ1v) is 10.8. The maximum atomic E-state index is 12.2. The van der Waals surface area contributed by atoms with Gasteiger partial charge in [-0.2, -0.15) is 0 Å². The molecule has 1 spiro atoms. The molecule has 0 amide bonds. The highest BCUT2D eigenvalue weighted by atomic mass is 16.9. The van der Waals surface area contributed by atoms with Crippen LogP contribution in [0.1, 0.15) is 27.7 Å². The van der Waals surface area contributed by atoms with E-state index in [2.05, 4.69) is 25.3 Å². The van der Waals surface area contributed by atoms with Gasteiger partial charge in [0.25, 0.3) is 5.56 Å². The van der Waals surface area contributed by atoms with Crippen LogP contribution in [0.25, 0.3) is 21.9 Å². The van der Waals surface area contributed by atoms with Gasteiger partial charge in [-0.1, -0.05) is 0 Å². The molecular formula is C21H26N6O6. The summed E-state index contributed by atoms with van der Waals surface area (Å²) in [7, 11) is 0. The Bertz CT molecular complexity index is 1320. The minimum absolute atomic E-state index is 0.0607. The fourth-order valence-electron chi connectivity index (χ4n) is 4.84. The van der Waals surface area contributed by atoms with Crippen molar-refractivity contribution in [2.45, 2.75) is 63.4 Å². The molecular weight excluding hydrogens is 432 g/mol. The standard InChI is InChI=1S/C21H26N6O6/c1-19(2)29-8-21(33-19)15-14(31-20(3,4)32-15)13(30-21)7-23-18-25-11-5-9-10(6-12(11)26-18)24-17(22)27-16(9)28/h5-6,13-15H,7-8H2,1-4H3,(H2,23,25,26)(H3,22,24,27,28)/t13-,14-,15-,21+/m1/s1. The molecule has 0 aliphatic carbocycles. The van der Waals surface area contributed by atoms with Crippen LogP contribution >= 0.6 is 0 Å². The highest BCUT2D eigenvalue weighted by Gasteiger charge is 2.67. The number of ether oxygens (including phenoxy) is 5. The Morgan fingerprint density at radius 1 is 1.09 bits per heavy atom. The maximum Gasteiger partial charge on any atom is 0.260 e. The molecule has 12 heteroatoms. The number of nitrogen functional groups attached to an aromatic ring is 1. The number of imidazole rings is 1. The van der Waals surface area contributed by atoms with Crippen molar-refractivity contribution in [2.24, 2.45) is 0 Å². The second-order valence-electron chi connectivity index (χ2n) is 9.58. The van der Waals surface area contributed by atoms with E-state index in [0.29, 0.717) is 34.4 Å². The van der Waals surface area contributed by atoms with Crippen molar-refractivity contribution in [3.05, 3.63) is 22.5 Å². The van der Waals surface area contributed by atoms with Crippen molar-refractivity contribution in [1.29, 1.82) is 0 Å². The van der Waals surface area contributed by atoms with E-state index < -0.39 is 23.5 Å². The molecule has 0 saturated carbocycles. The molecule has 33 heavy (non-hydrogen) atoms. The first-order chi connectivity index (χ1) is 15.5. The molecule has 4 atom stereocenters. The third-order valence-electron chi connectivity index (χ3n) is 6.12. The average Bonchev–Trinajstić information content (AvgIpc) is 3.41. The van der Waals surface area contributed by atoms with Crippen molar-refractivity contribution in [1.82, 2.24) is 19.9 Å². The van der Waals surface area contributed by atoms with Gasteiger partial charge in [-0.05, 0) is 39.8 Å². The van der Waals surface area contributed by atoms with Crippen LogP contribution in [0, 0.1) is 0 Å². The van der Waals surface area contributed by atoms with E-state index >= 15 is 0 Å². The second kappa shape index (κ2) is 6.64. The Labute approximate surface area is 188 Å². The van der Waals surface area contributed by atoms with Crippen molar-refractivity contribution >= 4 is 33.8 Å². The summed E-state index contributed by atoms with van der Waals surface area (Å²) in [4.78, 5) is 26.6. The van der Waals surface area contributed by atoms with Gasteiger partial charge < -0.3 is 39.7 Å². The zero-order valence-electron chi connectivity index (χ0n) is 18.7. The van der Waals surface area contributed by atoms with E-state index in [9.17, 15) is 4.79 Å². The van der Waals surface area contributed by atoms with Gasteiger partial charge in [-0.25, -0.2) is 9.97 Å². The molecule has 12 nitrogen and oxygen atoms in total. The Morgan fingerprint density at radius 3 is 2.67 bits per heavy atom. The lowest BCUT2D eigenvalue weighted by atomic mass is 10.1. The summed E-state index contributed by atoms with van der Waals surface area (Å²) in [6, 6.07) is 3.42. The molecule has 0 unspecified atom stereocenters. The Hall–Kier alpha value is -2.77. The average molecular weight is 458 g/mol. The summed E-state index contributed by atoms with van der Waals surface area (Å²) in [5, 5.41) is 3.70. The lowest BCUT2D eigenvalue weighted by Gasteiger charge is -2.30. The van der Waals surface area contributed by atoms with Crippen molar-refractivity contribution in [3.8, 4) is 0 Å². The van der Waals surface area contributed by atoms with Crippen LogP contribution in [0.2, 0.25) is 0 Å². The molecule has 3 saturated heterocycles. The fraction of sp³-hybridized carbons (Fsp3) is 0.571. The maximum absolute atomic E-state index is 12.2. The third-order valence-corrected chi connectivity index (χ3v) is 6.12. The predicted octanol–water partition coefficient (Wildman–Crippen LogP) is 1.19. The highest BCUT2D eigenvalue weighted by molar-refractivity contribution is 5.93. The van der Waals surface area contributed by atoms with E-state index in [4.69, 9.17) is 29.4 Å². The zero-order valence-corrected chi connectivity index (χ0v) is 18.7. The van der Waals surface area contributed by atoms with Crippen molar-refractivity contribution < 1.29 is 23.7 Å². The summed E-state index contributed by atoms with van der Waals surface area (Å²) in [6.45, 7) is 8.07. The van der Waals surface area contributed by atoms with Crippen LogP contribution in [0.15, 0.2) is 16.9 Å². The van der Waals surface area contributed by atoms with Crippen LogP contribution < -0.4 is 16.6 Å².